The van der Waals surface area contributed by atoms with Crippen molar-refractivity contribution in [1.82, 2.24) is 14.5 Å². The summed E-state index contributed by atoms with van der Waals surface area (Å²) in [6, 6.07) is 10.5. The SMILES string of the molecule is CCCC(N1CCC(C(=O)c2ccc(F)cc2)CC1)n1c(=O)[nH]c2cc(N)ccc2c1=O. The zero-order valence-corrected chi connectivity index (χ0v) is 18.0. The third-order valence-corrected chi connectivity index (χ3v) is 6.25. The third-order valence-electron chi connectivity index (χ3n) is 6.25. The van der Waals surface area contributed by atoms with Crippen LogP contribution < -0.4 is 17.0 Å². The van der Waals surface area contributed by atoms with Crippen molar-refractivity contribution in [1.29, 1.82) is 0 Å². The molecule has 2 heterocycles. The summed E-state index contributed by atoms with van der Waals surface area (Å²) in [6.07, 6.45) is 2.28. The number of nitrogens with one attached hydrogen (secondary N) is 1. The van der Waals surface area contributed by atoms with Gasteiger partial charge in [-0.15, -0.1) is 0 Å². The number of hydrogen-bond donors (Lipinski definition) is 2. The van der Waals surface area contributed by atoms with Gasteiger partial charge in [-0.3, -0.25) is 14.5 Å². The normalized spacial score (nSPS) is 16.3. The van der Waals surface area contributed by atoms with Crippen LogP contribution in [0, 0.1) is 11.7 Å². The van der Waals surface area contributed by atoms with Gasteiger partial charge in [0.2, 0.25) is 0 Å². The molecule has 1 atom stereocenters. The van der Waals surface area contributed by atoms with Gasteiger partial charge >= 0.3 is 5.69 Å². The van der Waals surface area contributed by atoms with Gasteiger partial charge in [0.1, 0.15) is 5.82 Å². The van der Waals surface area contributed by atoms with Gasteiger partial charge in [0, 0.05) is 30.3 Å². The number of nitrogens with zero attached hydrogens (tertiary/aromatic N) is 2. The van der Waals surface area contributed by atoms with Crippen LogP contribution in [0.4, 0.5) is 10.1 Å². The van der Waals surface area contributed by atoms with Crippen molar-refractivity contribution in [2.45, 2.75) is 38.8 Å². The van der Waals surface area contributed by atoms with E-state index in [1.165, 1.54) is 28.8 Å². The summed E-state index contributed by atoms with van der Waals surface area (Å²) in [5.41, 5.74) is 6.40. The van der Waals surface area contributed by atoms with Crippen LogP contribution in [-0.4, -0.2) is 33.3 Å². The molecule has 1 saturated heterocycles. The number of carbonyl (C=O) groups excluding carboxylic acids is 1. The Labute approximate surface area is 184 Å². The first-order chi connectivity index (χ1) is 15.4. The molecule has 4 rings (SSSR count). The number of Topliss-reactive ketones (excluding diaryl/α,β-unsaturated/α-hetero) is 1. The van der Waals surface area contributed by atoms with Crippen LogP contribution in [0.25, 0.3) is 10.9 Å². The molecule has 0 aliphatic carbocycles. The monoisotopic (exact) mass is 438 g/mol. The van der Waals surface area contributed by atoms with Crippen molar-refractivity contribution in [2.75, 3.05) is 18.8 Å². The van der Waals surface area contributed by atoms with Gasteiger partial charge in [0.15, 0.2) is 5.78 Å². The van der Waals surface area contributed by atoms with Crippen molar-refractivity contribution < 1.29 is 9.18 Å². The first-order valence-electron chi connectivity index (χ1n) is 11.0. The summed E-state index contributed by atoms with van der Waals surface area (Å²) in [5.74, 6) is -0.518. The second-order valence-corrected chi connectivity index (χ2v) is 8.36. The van der Waals surface area contributed by atoms with E-state index in [4.69, 9.17) is 5.73 Å². The Kier molecular flexibility index (Phi) is 6.23. The number of rotatable bonds is 6. The highest BCUT2D eigenvalue weighted by molar-refractivity contribution is 5.97. The van der Waals surface area contributed by atoms with Gasteiger partial charge in [0.05, 0.1) is 17.1 Å². The molecule has 1 aliphatic heterocycles. The largest absolute Gasteiger partial charge is 0.399 e. The van der Waals surface area contributed by atoms with E-state index in [0.29, 0.717) is 54.5 Å². The number of aromatic amines is 1. The van der Waals surface area contributed by atoms with E-state index < -0.39 is 5.69 Å². The molecule has 0 saturated carbocycles. The lowest BCUT2D eigenvalue weighted by Gasteiger charge is -2.37. The predicted molar refractivity (Wildman–Crippen MR) is 122 cm³/mol. The van der Waals surface area contributed by atoms with E-state index in [2.05, 4.69) is 9.88 Å². The maximum Gasteiger partial charge on any atom is 0.330 e. The predicted octanol–water partition coefficient (Wildman–Crippen LogP) is 3.30. The molecule has 7 nitrogen and oxygen atoms in total. The number of likely N-dealkylation sites (tertiary alicyclic amines) is 1. The van der Waals surface area contributed by atoms with Crippen LogP contribution in [0.5, 0.6) is 0 Å². The van der Waals surface area contributed by atoms with Gasteiger partial charge in [-0.1, -0.05) is 13.3 Å². The maximum atomic E-state index is 13.2. The Hall–Kier alpha value is -3.26. The molecule has 1 aliphatic rings. The minimum atomic E-state index is -0.462. The number of H-pyrrole nitrogens is 1. The number of nitrogen functional groups attached to an aromatic ring is 1. The van der Waals surface area contributed by atoms with Crippen LogP contribution in [0.1, 0.15) is 49.1 Å². The average molecular weight is 439 g/mol. The summed E-state index contributed by atoms with van der Waals surface area (Å²) in [4.78, 5) is 43.8. The number of halogens is 1. The smallest absolute Gasteiger partial charge is 0.330 e. The Morgan fingerprint density at radius 2 is 1.84 bits per heavy atom. The first kappa shape index (κ1) is 22.0. The fraction of sp³-hybridized carbons (Fsp3) is 0.375. The van der Waals surface area contributed by atoms with E-state index in [1.807, 2.05) is 6.92 Å². The average Bonchev–Trinajstić information content (AvgIpc) is 2.78. The van der Waals surface area contributed by atoms with E-state index in [1.54, 1.807) is 18.2 Å². The first-order valence-corrected chi connectivity index (χ1v) is 11.0. The summed E-state index contributed by atoms with van der Waals surface area (Å²) in [7, 11) is 0. The second kappa shape index (κ2) is 9.08. The van der Waals surface area contributed by atoms with Gasteiger partial charge < -0.3 is 10.7 Å². The number of hydrogen-bond acceptors (Lipinski definition) is 5. The molecule has 3 aromatic rings. The molecule has 0 amide bonds. The summed E-state index contributed by atoms with van der Waals surface area (Å²) < 4.78 is 14.5. The number of aromatic nitrogens is 2. The summed E-state index contributed by atoms with van der Waals surface area (Å²) >= 11 is 0. The fourth-order valence-corrected chi connectivity index (χ4v) is 4.56. The number of piperidine rings is 1. The Bertz CT molecular complexity index is 1240. The van der Waals surface area contributed by atoms with Crippen LogP contribution in [0.2, 0.25) is 0 Å². The minimum absolute atomic E-state index is 0.00926. The zero-order valence-electron chi connectivity index (χ0n) is 18.0. The number of ketones is 1. The lowest BCUT2D eigenvalue weighted by molar-refractivity contribution is 0.0639. The lowest BCUT2D eigenvalue weighted by Crippen LogP contribution is -2.48. The highest BCUT2D eigenvalue weighted by Gasteiger charge is 2.31. The second-order valence-electron chi connectivity index (χ2n) is 8.36. The summed E-state index contributed by atoms with van der Waals surface area (Å²) in [5, 5.41) is 0.418. The van der Waals surface area contributed by atoms with Gasteiger partial charge in [-0.25, -0.2) is 13.8 Å². The van der Waals surface area contributed by atoms with Crippen molar-refractivity contribution in [3.05, 3.63) is 74.7 Å². The Balaban J connectivity index is 1.58. The number of fused-ring (bicyclic) bond motifs is 1. The van der Waals surface area contributed by atoms with Crippen molar-refractivity contribution >= 4 is 22.4 Å². The molecule has 3 N–H and O–H groups in total. The van der Waals surface area contributed by atoms with Crippen molar-refractivity contribution in [2.24, 2.45) is 5.92 Å². The van der Waals surface area contributed by atoms with Gasteiger partial charge in [-0.2, -0.15) is 0 Å². The molecule has 1 fully saturated rings. The fourth-order valence-electron chi connectivity index (χ4n) is 4.56. The Morgan fingerprint density at radius 3 is 2.50 bits per heavy atom. The highest BCUT2D eigenvalue weighted by atomic mass is 19.1. The number of benzene rings is 2. The number of carbonyl (C=O) groups is 1. The Morgan fingerprint density at radius 1 is 1.16 bits per heavy atom. The van der Waals surface area contributed by atoms with E-state index >= 15 is 0 Å². The number of anilines is 1. The van der Waals surface area contributed by atoms with E-state index in [-0.39, 0.29) is 29.2 Å². The quantitative estimate of drug-likeness (QED) is 0.454. The molecule has 0 bridgehead atoms. The zero-order chi connectivity index (χ0) is 22.8. The lowest BCUT2D eigenvalue weighted by atomic mass is 9.88. The van der Waals surface area contributed by atoms with Crippen molar-refractivity contribution in [3.8, 4) is 0 Å². The molecule has 1 unspecified atom stereocenters. The van der Waals surface area contributed by atoms with Gasteiger partial charge in [0.25, 0.3) is 5.56 Å². The molecule has 0 radical (unpaired) electrons. The summed E-state index contributed by atoms with van der Waals surface area (Å²) in [6.45, 7) is 3.20. The number of nitrogens with two attached hydrogens (primary N) is 1. The van der Waals surface area contributed by atoms with E-state index in [0.717, 1.165) is 6.42 Å². The van der Waals surface area contributed by atoms with Crippen LogP contribution in [-0.2, 0) is 0 Å². The third kappa shape index (κ3) is 4.23. The molecule has 0 spiro atoms. The molecule has 2 aromatic carbocycles. The highest BCUT2D eigenvalue weighted by Crippen LogP contribution is 2.27. The van der Waals surface area contributed by atoms with Crippen LogP contribution in [0.3, 0.4) is 0 Å². The maximum absolute atomic E-state index is 13.2. The van der Waals surface area contributed by atoms with Crippen LogP contribution >= 0.6 is 0 Å². The molecule has 8 heteroatoms. The minimum Gasteiger partial charge on any atom is -0.399 e. The van der Waals surface area contributed by atoms with Gasteiger partial charge in [-0.05, 0) is 61.7 Å². The van der Waals surface area contributed by atoms with Crippen molar-refractivity contribution in [3.63, 3.8) is 0 Å². The molecular weight excluding hydrogens is 411 g/mol. The van der Waals surface area contributed by atoms with Crippen LogP contribution in [0.15, 0.2) is 52.1 Å². The molecule has 168 valence electrons. The standard InChI is InChI=1S/C24H27FN4O3/c1-2-3-21(29-23(31)19-9-8-18(26)14-20(19)27-24(29)32)28-12-10-16(11-13-28)22(30)15-4-6-17(25)7-5-15/h4-9,14,16,21H,2-3,10-13,26H2,1H3,(H,27,32). The molecular formula is C24H27FN4O3. The molecule has 1 aromatic heterocycles. The topological polar surface area (TPSA) is 101 Å². The van der Waals surface area contributed by atoms with E-state index in [9.17, 15) is 18.8 Å². The molecule has 32 heavy (non-hydrogen) atoms.